The van der Waals surface area contributed by atoms with Crippen LogP contribution in [0.5, 0.6) is 0 Å². The van der Waals surface area contributed by atoms with Crippen molar-refractivity contribution in [2.45, 2.75) is 71.1 Å². The quantitative estimate of drug-likeness (QED) is 0.714. The minimum Gasteiger partial charge on any atom is -0.343 e. The molecule has 1 aliphatic heterocycles. The van der Waals surface area contributed by atoms with E-state index in [2.05, 4.69) is 36.9 Å². The summed E-state index contributed by atoms with van der Waals surface area (Å²) in [7, 11) is 0. The summed E-state index contributed by atoms with van der Waals surface area (Å²) in [5.74, 6) is 1.72. The zero-order valence-corrected chi connectivity index (χ0v) is 14.8. The van der Waals surface area contributed by atoms with Gasteiger partial charge >= 0.3 is 0 Å². The van der Waals surface area contributed by atoms with Crippen LogP contribution in [0.1, 0.15) is 75.0 Å². The number of carbonyl (C=O) groups excluding carboxylic acids is 1. The lowest BCUT2D eigenvalue weighted by Gasteiger charge is -2.23. The predicted molar refractivity (Wildman–Crippen MR) is 95.7 cm³/mol. The summed E-state index contributed by atoms with van der Waals surface area (Å²) in [6.45, 7) is 6.61. The van der Waals surface area contributed by atoms with Crippen LogP contribution >= 0.6 is 0 Å². The number of hydrogen-bond donors (Lipinski definition) is 0. The summed E-state index contributed by atoms with van der Waals surface area (Å²) in [4.78, 5) is 13.8. The van der Waals surface area contributed by atoms with E-state index >= 15 is 0 Å². The van der Waals surface area contributed by atoms with Crippen LogP contribution in [0.3, 0.4) is 0 Å². The molecule has 0 bridgehead atoms. The van der Waals surface area contributed by atoms with Crippen LogP contribution in [0.15, 0.2) is 18.2 Å². The molecule has 1 aromatic carbocycles. The van der Waals surface area contributed by atoms with Crippen LogP contribution in [0.4, 0.5) is 0 Å². The van der Waals surface area contributed by atoms with E-state index < -0.39 is 0 Å². The van der Waals surface area contributed by atoms with E-state index in [4.69, 9.17) is 0 Å². The summed E-state index contributed by atoms with van der Waals surface area (Å²) in [5, 5.41) is 0. The van der Waals surface area contributed by atoms with E-state index in [0.717, 1.165) is 32.4 Å². The Balaban J connectivity index is 1.55. The number of benzene rings is 1. The fraction of sp³-hybridized carbons (Fsp3) is 0.667. The Labute approximate surface area is 141 Å². The fourth-order valence-electron chi connectivity index (χ4n) is 4.30. The zero-order chi connectivity index (χ0) is 16.2. The van der Waals surface area contributed by atoms with E-state index in [0.29, 0.717) is 17.7 Å². The fourth-order valence-corrected chi connectivity index (χ4v) is 4.30. The average molecular weight is 313 g/mol. The van der Waals surface area contributed by atoms with Crippen molar-refractivity contribution < 1.29 is 4.79 Å². The molecule has 0 radical (unpaired) electrons. The highest BCUT2D eigenvalue weighted by Crippen LogP contribution is 2.32. The van der Waals surface area contributed by atoms with Crippen LogP contribution in [0, 0.1) is 5.92 Å². The molecule has 23 heavy (non-hydrogen) atoms. The van der Waals surface area contributed by atoms with Gasteiger partial charge in [-0.3, -0.25) is 4.79 Å². The summed E-state index contributed by atoms with van der Waals surface area (Å²) >= 11 is 0. The number of amides is 1. The number of likely N-dealkylation sites (tertiary alicyclic amines) is 1. The number of fused-ring (bicyclic) bond motifs is 1. The Morgan fingerprint density at radius 2 is 1.96 bits per heavy atom. The first kappa shape index (κ1) is 16.5. The van der Waals surface area contributed by atoms with Crippen molar-refractivity contribution >= 4 is 5.91 Å². The highest BCUT2D eigenvalue weighted by atomic mass is 16.2. The Kier molecular flexibility index (Phi) is 5.40. The molecule has 0 saturated carbocycles. The molecule has 2 nitrogen and oxygen atoms in total. The predicted octanol–water partition coefficient (Wildman–Crippen LogP) is 4.71. The zero-order valence-electron chi connectivity index (χ0n) is 14.8. The van der Waals surface area contributed by atoms with Crippen molar-refractivity contribution in [2.24, 2.45) is 5.92 Å². The molecular weight excluding hydrogens is 282 g/mol. The number of nitrogens with zero attached hydrogens (tertiary/aromatic N) is 1. The summed E-state index contributed by atoms with van der Waals surface area (Å²) in [6.07, 6.45) is 9.30. The van der Waals surface area contributed by atoms with Crippen molar-refractivity contribution in [3.63, 3.8) is 0 Å². The molecule has 1 aliphatic carbocycles. The van der Waals surface area contributed by atoms with Crippen molar-refractivity contribution in [1.82, 2.24) is 4.90 Å². The maximum absolute atomic E-state index is 11.7. The van der Waals surface area contributed by atoms with E-state index in [1.54, 1.807) is 11.1 Å². The van der Waals surface area contributed by atoms with E-state index in [9.17, 15) is 4.79 Å². The minimum absolute atomic E-state index is 0.364. The Morgan fingerprint density at radius 1 is 1.13 bits per heavy atom. The molecule has 0 N–H and O–H groups in total. The maximum atomic E-state index is 11.7. The van der Waals surface area contributed by atoms with Crippen LogP contribution < -0.4 is 0 Å². The Morgan fingerprint density at radius 3 is 2.70 bits per heavy atom. The van der Waals surface area contributed by atoms with Gasteiger partial charge < -0.3 is 4.90 Å². The minimum atomic E-state index is 0.364. The van der Waals surface area contributed by atoms with Crippen molar-refractivity contribution in [2.75, 3.05) is 13.1 Å². The van der Waals surface area contributed by atoms with Gasteiger partial charge in [-0.05, 0) is 73.5 Å². The Bertz CT molecular complexity index is 551. The van der Waals surface area contributed by atoms with Crippen LogP contribution in [-0.2, 0) is 17.6 Å². The first-order chi connectivity index (χ1) is 11.2. The van der Waals surface area contributed by atoms with Gasteiger partial charge in [-0.1, -0.05) is 32.0 Å². The third kappa shape index (κ3) is 3.97. The highest BCUT2D eigenvalue weighted by molar-refractivity contribution is 5.77. The molecule has 0 aromatic heterocycles. The first-order valence-electron chi connectivity index (χ1n) is 9.57. The van der Waals surface area contributed by atoms with Gasteiger partial charge in [0.25, 0.3) is 0 Å². The number of carbonyl (C=O) groups is 1. The molecule has 1 heterocycles. The molecule has 2 aliphatic rings. The van der Waals surface area contributed by atoms with Crippen LogP contribution in [-0.4, -0.2) is 23.9 Å². The second-order valence-electron chi connectivity index (χ2n) is 7.60. The van der Waals surface area contributed by atoms with Gasteiger partial charge in [-0.15, -0.1) is 0 Å². The summed E-state index contributed by atoms with van der Waals surface area (Å²) < 4.78 is 0. The monoisotopic (exact) mass is 313 g/mol. The molecule has 3 rings (SSSR count). The lowest BCUT2D eigenvalue weighted by Crippen LogP contribution is -2.27. The number of hydrogen-bond acceptors (Lipinski definition) is 1. The molecule has 126 valence electrons. The van der Waals surface area contributed by atoms with E-state index in [1.807, 2.05) is 0 Å². The highest BCUT2D eigenvalue weighted by Gasteiger charge is 2.21. The molecule has 1 saturated heterocycles. The topological polar surface area (TPSA) is 20.3 Å². The second-order valence-corrected chi connectivity index (χ2v) is 7.60. The van der Waals surface area contributed by atoms with Gasteiger partial charge in [-0.25, -0.2) is 0 Å². The number of aryl methyl sites for hydroxylation is 2. The first-order valence-corrected chi connectivity index (χ1v) is 9.57. The van der Waals surface area contributed by atoms with Crippen LogP contribution in [0.2, 0.25) is 0 Å². The normalized spacial score (nSPS) is 19.9. The van der Waals surface area contributed by atoms with Gasteiger partial charge in [0.15, 0.2) is 0 Å². The Hall–Kier alpha value is -1.31. The summed E-state index contributed by atoms with van der Waals surface area (Å²) in [5.41, 5.74) is 4.71. The van der Waals surface area contributed by atoms with Gasteiger partial charge in [0.05, 0.1) is 0 Å². The molecule has 0 spiro atoms. The lowest BCUT2D eigenvalue weighted by molar-refractivity contribution is -0.127. The van der Waals surface area contributed by atoms with E-state index in [1.165, 1.54) is 37.7 Å². The average Bonchev–Trinajstić information content (AvgIpc) is 3.18. The molecular formula is C21H31NO. The molecule has 1 amide bonds. The largest absolute Gasteiger partial charge is 0.343 e. The molecule has 1 aromatic rings. The molecule has 1 fully saturated rings. The maximum Gasteiger partial charge on any atom is 0.222 e. The molecule has 2 atom stereocenters. The summed E-state index contributed by atoms with van der Waals surface area (Å²) in [6, 6.07) is 7.22. The van der Waals surface area contributed by atoms with Crippen molar-refractivity contribution in [3.8, 4) is 0 Å². The second kappa shape index (κ2) is 7.51. The van der Waals surface area contributed by atoms with Crippen molar-refractivity contribution in [3.05, 3.63) is 34.9 Å². The van der Waals surface area contributed by atoms with E-state index in [-0.39, 0.29) is 0 Å². The third-order valence-electron chi connectivity index (χ3n) is 5.84. The van der Waals surface area contributed by atoms with Gasteiger partial charge in [-0.2, -0.15) is 0 Å². The molecule has 2 unspecified atom stereocenters. The van der Waals surface area contributed by atoms with Crippen LogP contribution in [0.25, 0.3) is 0 Å². The van der Waals surface area contributed by atoms with Gasteiger partial charge in [0.2, 0.25) is 5.91 Å². The lowest BCUT2D eigenvalue weighted by atomic mass is 9.85. The van der Waals surface area contributed by atoms with Gasteiger partial charge in [0.1, 0.15) is 0 Å². The standard InChI is InChI=1S/C21H31NO/c1-3-17(20-10-9-18-6-4-7-19(18)15-20)14-16(2)11-13-22-12-5-8-21(22)23/h9-10,15-17H,3-8,11-14H2,1-2H3. The van der Waals surface area contributed by atoms with Gasteiger partial charge in [0, 0.05) is 19.5 Å². The third-order valence-corrected chi connectivity index (χ3v) is 5.84. The van der Waals surface area contributed by atoms with Crippen molar-refractivity contribution in [1.29, 1.82) is 0 Å². The SMILES string of the molecule is CCC(CC(C)CCN1CCCC1=O)c1ccc2c(c1)CCC2. The number of rotatable bonds is 7. The smallest absolute Gasteiger partial charge is 0.222 e. The molecule has 2 heteroatoms.